The summed E-state index contributed by atoms with van der Waals surface area (Å²) in [6.45, 7) is 1.97. The van der Waals surface area contributed by atoms with E-state index in [0.717, 1.165) is 16.7 Å². The van der Waals surface area contributed by atoms with Crippen molar-refractivity contribution in [2.45, 2.75) is 6.92 Å². The molecule has 0 aromatic heterocycles. The number of nitro groups is 1. The molecule has 1 amide bonds. The number of carbonyl (C=O) groups excluding carboxylic acids is 1. The number of hydrogen-bond acceptors (Lipinski definition) is 3. The van der Waals surface area contributed by atoms with Crippen LogP contribution in [0.3, 0.4) is 0 Å². The van der Waals surface area contributed by atoms with Gasteiger partial charge >= 0.3 is 0 Å². The van der Waals surface area contributed by atoms with Gasteiger partial charge < -0.3 is 5.32 Å². The summed E-state index contributed by atoms with van der Waals surface area (Å²) in [7, 11) is 0. The number of nitro benzene ring substituents is 1. The van der Waals surface area contributed by atoms with E-state index in [4.69, 9.17) is 0 Å². The van der Waals surface area contributed by atoms with E-state index in [9.17, 15) is 14.9 Å². The topological polar surface area (TPSA) is 72.2 Å². The van der Waals surface area contributed by atoms with E-state index >= 15 is 0 Å². The quantitative estimate of drug-likeness (QED) is 0.550. The van der Waals surface area contributed by atoms with Crippen LogP contribution in [0.4, 0.5) is 11.4 Å². The highest BCUT2D eigenvalue weighted by atomic mass is 16.6. The molecule has 124 valence electrons. The summed E-state index contributed by atoms with van der Waals surface area (Å²) in [5.41, 5.74) is 4.25. The summed E-state index contributed by atoms with van der Waals surface area (Å²) >= 11 is 0. The molecule has 5 heteroatoms. The van der Waals surface area contributed by atoms with Crippen molar-refractivity contribution in [3.05, 3.63) is 94.0 Å². The minimum absolute atomic E-state index is 0.0609. The van der Waals surface area contributed by atoms with Gasteiger partial charge in [-0.15, -0.1) is 0 Å². The Hall–Kier alpha value is -3.47. The number of benzene rings is 3. The lowest BCUT2D eigenvalue weighted by atomic mass is 10.0. The van der Waals surface area contributed by atoms with Crippen LogP contribution in [0.15, 0.2) is 72.8 Å². The van der Waals surface area contributed by atoms with Crippen molar-refractivity contribution in [2.75, 3.05) is 5.32 Å². The van der Waals surface area contributed by atoms with Crippen LogP contribution in [0.2, 0.25) is 0 Å². The predicted octanol–water partition coefficient (Wildman–Crippen LogP) is 4.82. The Bertz CT molecular complexity index is 899. The van der Waals surface area contributed by atoms with Crippen molar-refractivity contribution in [1.29, 1.82) is 0 Å². The Morgan fingerprint density at radius 3 is 1.88 bits per heavy atom. The van der Waals surface area contributed by atoms with Crippen LogP contribution in [-0.2, 0) is 0 Å². The summed E-state index contributed by atoms with van der Waals surface area (Å²) in [5.74, 6) is -0.164. The summed E-state index contributed by atoms with van der Waals surface area (Å²) in [4.78, 5) is 22.5. The molecular weight excluding hydrogens is 316 g/mol. The van der Waals surface area contributed by atoms with Crippen LogP contribution < -0.4 is 5.32 Å². The summed E-state index contributed by atoms with van der Waals surface area (Å²) < 4.78 is 0. The SMILES string of the molecule is Cc1ccc(C(=O)Nc2ccc(-c3ccc([N+](=O)[O-])cc3)cc2)cc1. The number of rotatable bonds is 4. The maximum atomic E-state index is 12.2. The first-order valence-electron chi connectivity index (χ1n) is 7.76. The zero-order chi connectivity index (χ0) is 17.8. The molecule has 0 bridgehead atoms. The maximum Gasteiger partial charge on any atom is 0.269 e. The van der Waals surface area contributed by atoms with E-state index in [1.807, 2.05) is 43.3 Å². The molecule has 0 heterocycles. The van der Waals surface area contributed by atoms with Gasteiger partial charge in [-0.2, -0.15) is 0 Å². The molecule has 0 fully saturated rings. The molecule has 0 aliphatic heterocycles. The summed E-state index contributed by atoms with van der Waals surface area (Å²) in [6.07, 6.45) is 0. The van der Waals surface area contributed by atoms with Gasteiger partial charge in [0.15, 0.2) is 0 Å². The van der Waals surface area contributed by atoms with Crippen LogP contribution in [0, 0.1) is 17.0 Å². The Labute approximate surface area is 145 Å². The molecule has 3 rings (SSSR count). The Kier molecular flexibility index (Phi) is 4.57. The number of nitrogens with one attached hydrogen (secondary N) is 1. The smallest absolute Gasteiger partial charge is 0.269 e. The van der Waals surface area contributed by atoms with Crippen molar-refractivity contribution >= 4 is 17.3 Å². The number of anilines is 1. The average molecular weight is 332 g/mol. The number of nitrogens with zero attached hydrogens (tertiary/aromatic N) is 1. The number of aryl methyl sites for hydroxylation is 1. The van der Waals surface area contributed by atoms with Crippen LogP contribution in [-0.4, -0.2) is 10.8 Å². The van der Waals surface area contributed by atoms with Crippen molar-refractivity contribution < 1.29 is 9.72 Å². The highest BCUT2D eigenvalue weighted by Gasteiger charge is 2.07. The first kappa shape index (κ1) is 16.4. The number of carbonyl (C=O) groups is 1. The third-order valence-electron chi connectivity index (χ3n) is 3.87. The van der Waals surface area contributed by atoms with E-state index in [0.29, 0.717) is 11.3 Å². The molecule has 0 radical (unpaired) electrons. The fourth-order valence-corrected chi connectivity index (χ4v) is 2.43. The first-order valence-corrected chi connectivity index (χ1v) is 7.76. The zero-order valence-corrected chi connectivity index (χ0v) is 13.6. The Morgan fingerprint density at radius 2 is 1.36 bits per heavy atom. The highest BCUT2D eigenvalue weighted by Crippen LogP contribution is 2.24. The lowest BCUT2D eigenvalue weighted by Gasteiger charge is -2.07. The molecule has 3 aromatic carbocycles. The monoisotopic (exact) mass is 332 g/mol. The van der Waals surface area contributed by atoms with Gasteiger partial charge in [0.1, 0.15) is 0 Å². The molecule has 0 saturated heterocycles. The largest absolute Gasteiger partial charge is 0.322 e. The van der Waals surface area contributed by atoms with Crippen LogP contribution in [0.1, 0.15) is 15.9 Å². The third kappa shape index (κ3) is 3.90. The second-order valence-corrected chi connectivity index (χ2v) is 5.70. The normalized spacial score (nSPS) is 10.3. The van der Waals surface area contributed by atoms with Crippen molar-refractivity contribution in [1.82, 2.24) is 0 Å². The van der Waals surface area contributed by atoms with E-state index < -0.39 is 4.92 Å². The maximum absolute atomic E-state index is 12.2. The Balaban J connectivity index is 1.72. The van der Waals surface area contributed by atoms with E-state index in [2.05, 4.69) is 5.32 Å². The molecule has 1 N–H and O–H groups in total. The molecule has 0 unspecified atom stereocenters. The second-order valence-electron chi connectivity index (χ2n) is 5.70. The predicted molar refractivity (Wildman–Crippen MR) is 97.7 cm³/mol. The standard InChI is InChI=1S/C20H16N2O3/c1-14-2-4-17(5-3-14)20(23)21-18-10-6-15(7-11-18)16-8-12-19(13-9-16)22(24)25/h2-13H,1H3,(H,21,23). The number of hydrogen-bond donors (Lipinski definition) is 1. The summed E-state index contributed by atoms with van der Waals surface area (Å²) in [6, 6.07) is 21.1. The van der Waals surface area contributed by atoms with Crippen LogP contribution >= 0.6 is 0 Å². The van der Waals surface area contributed by atoms with Crippen LogP contribution in [0.5, 0.6) is 0 Å². The van der Waals surface area contributed by atoms with E-state index in [1.165, 1.54) is 12.1 Å². The van der Waals surface area contributed by atoms with Gasteiger partial charge in [-0.25, -0.2) is 0 Å². The van der Waals surface area contributed by atoms with Gasteiger partial charge in [0.2, 0.25) is 0 Å². The molecular formula is C20H16N2O3. The lowest BCUT2D eigenvalue weighted by molar-refractivity contribution is -0.384. The fraction of sp³-hybridized carbons (Fsp3) is 0.0500. The molecule has 25 heavy (non-hydrogen) atoms. The molecule has 0 spiro atoms. The number of amides is 1. The summed E-state index contributed by atoms with van der Waals surface area (Å²) in [5, 5.41) is 13.5. The highest BCUT2D eigenvalue weighted by molar-refractivity contribution is 6.04. The van der Waals surface area contributed by atoms with Crippen molar-refractivity contribution in [2.24, 2.45) is 0 Å². The molecule has 0 atom stereocenters. The van der Waals surface area contributed by atoms with Crippen molar-refractivity contribution in [3.8, 4) is 11.1 Å². The Morgan fingerprint density at radius 1 is 0.840 bits per heavy atom. The minimum Gasteiger partial charge on any atom is -0.322 e. The lowest BCUT2D eigenvalue weighted by Crippen LogP contribution is -2.11. The van der Waals surface area contributed by atoms with Gasteiger partial charge in [0, 0.05) is 23.4 Å². The fourth-order valence-electron chi connectivity index (χ4n) is 2.43. The average Bonchev–Trinajstić information content (AvgIpc) is 2.63. The number of non-ortho nitro benzene ring substituents is 1. The van der Waals surface area contributed by atoms with Crippen LogP contribution in [0.25, 0.3) is 11.1 Å². The molecule has 0 aliphatic carbocycles. The van der Waals surface area contributed by atoms with Gasteiger partial charge in [-0.05, 0) is 54.4 Å². The first-order chi connectivity index (χ1) is 12.0. The molecule has 3 aromatic rings. The molecule has 0 saturated carbocycles. The minimum atomic E-state index is -0.423. The molecule has 0 aliphatic rings. The van der Waals surface area contributed by atoms with E-state index in [-0.39, 0.29) is 11.6 Å². The molecule has 5 nitrogen and oxygen atoms in total. The third-order valence-corrected chi connectivity index (χ3v) is 3.87. The van der Waals surface area contributed by atoms with E-state index in [1.54, 1.807) is 24.3 Å². The van der Waals surface area contributed by atoms with Gasteiger partial charge in [0.05, 0.1) is 4.92 Å². The van der Waals surface area contributed by atoms with Gasteiger partial charge in [0.25, 0.3) is 11.6 Å². The van der Waals surface area contributed by atoms with Gasteiger partial charge in [-0.1, -0.05) is 29.8 Å². The van der Waals surface area contributed by atoms with Gasteiger partial charge in [-0.3, -0.25) is 14.9 Å². The van der Waals surface area contributed by atoms with Crippen molar-refractivity contribution in [3.63, 3.8) is 0 Å². The zero-order valence-electron chi connectivity index (χ0n) is 13.6. The second kappa shape index (κ2) is 6.97.